The van der Waals surface area contributed by atoms with E-state index in [2.05, 4.69) is 46.6 Å². The summed E-state index contributed by atoms with van der Waals surface area (Å²) in [4.78, 5) is 8.86. The van der Waals surface area contributed by atoms with Crippen LogP contribution in [0.4, 0.5) is 0 Å². The molecule has 1 saturated carbocycles. The zero-order valence-corrected chi connectivity index (χ0v) is 17.6. The summed E-state index contributed by atoms with van der Waals surface area (Å²) >= 11 is 0. The van der Waals surface area contributed by atoms with E-state index in [9.17, 15) is 0 Å². The van der Waals surface area contributed by atoms with Gasteiger partial charge < -0.3 is 15.4 Å². The molecule has 2 atom stereocenters. The number of benzene rings is 1. The Morgan fingerprint density at radius 1 is 1.32 bits per heavy atom. The first-order valence-corrected chi connectivity index (χ1v) is 8.39. The van der Waals surface area contributed by atoms with Crippen LogP contribution in [0.5, 0.6) is 0 Å². The molecule has 0 spiro atoms. The molecule has 1 heterocycles. The Kier molecular flexibility index (Phi) is 6.62. The second-order valence-electron chi connectivity index (χ2n) is 6.88. The van der Waals surface area contributed by atoms with Crippen molar-refractivity contribution in [3.63, 3.8) is 0 Å². The second-order valence-corrected chi connectivity index (χ2v) is 6.88. The Morgan fingerprint density at radius 2 is 2.08 bits per heavy atom. The second kappa shape index (κ2) is 8.31. The van der Waals surface area contributed by atoms with Crippen molar-refractivity contribution in [2.24, 2.45) is 10.4 Å². The number of ether oxygens (including phenoxy) is 1. The van der Waals surface area contributed by atoms with Gasteiger partial charge in [-0.05, 0) is 17.9 Å². The minimum absolute atomic E-state index is 0. The lowest BCUT2D eigenvalue weighted by Crippen LogP contribution is -2.63. The molecular formula is C19H27IN4O. The van der Waals surface area contributed by atoms with E-state index >= 15 is 0 Å². The maximum Gasteiger partial charge on any atom is 0.191 e. The van der Waals surface area contributed by atoms with Crippen LogP contribution in [-0.2, 0) is 11.3 Å². The topological polar surface area (TPSA) is 58.5 Å². The van der Waals surface area contributed by atoms with E-state index in [0.29, 0.717) is 18.7 Å². The van der Waals surface area contributed by atoms with Gasteiger partial charge in [0.2, 0.25) is 0 Å². The average molecular weight is 454 g/mol. The lowest BCUT2D eigenvalue weighted by atomic mass is 9.64. The third-order valence-corrected chi connectivity index (χ3v) is 5.18. The summed E-state index contributed by atoms with van der Waals surface area (Å²) < 4.78 is 5.51. The summed E-state index contributed by atoms with van der Waals surface area (Å²) in [5.41, 5.74) is 1.13. The van der Waals surface area contributed by atoms with Gasteiger partial charge in [-0.15, -0.1) is 24.0 Å². The van der Waals surface area contributed by atoms with Crippen LogP contribution in [0.1, 0.15) is 26.0 Å². The molecule has 0 amide bonds. The quantitative estimate of drug-likeness (QED) is 0.423. The number of nitrogens with zero attached hydrogens (tertiary/aromatic N) is 2. The molecule has 0 aliphatic heterocycles. The zero-order valence-electron chi connectivity index (χ0n) is 15.2. The van der Waals surface area contributed by atoms with Crippen molar-refractivity contribution >= 4 is 40.7 Å². The number of halogens is 1. The number of methoxy groups -OCH3 is 1. The Labute approximate surface area is 166 Å². The minimum atomic E-state index is 0. The van der Waals surface area contributed by atoms with E-state index in [0.717, 1.165) is 18.1 Å². The molecule has 1 aromatic carbocycles. The zero-order chi connectivity index (χ0) is 17.2. The van der Waals surface area contributed by atoms with Gasteiger partial charge in [0, 0.05) is 37.2 Å². The van der Waals surface area contributed by atoms with E-state index in [1.165, 1.54) is 10.8 Å². The molecule has 136 valence electrons. The van der Waals surface area contributed by atoms with Crippen LogP contribution < -0.4 is 10.6 Å². The predicted octanol–water partition coefficient (Wildman–Crippen LogP) is 3.33. The van der Waals surface area contributed by atoms with E-state index in [4.69, 9.17) is 4.74 Å². The fourth-order valence-corrected chi connectivity index (χ4v) is 3.38. The number of hydrogen-bond acceptors (Lipinski definition) is 3. The standard InChI is InChI=1S/C19H26N4O.HI/c1-19(2)16(11-17(19)24-4)23-18(20-3)22-12-15-14-8-6-5-7-13(14)9-10-21-15;/h5-10,16-17H,11-12H2,1-4H3,(H2,20,22,23);1H. The van der Waals surface area contributed by atoms with Gasteiger partial charge in [-0.2, -0.15) is 0 Å². The molecule has 1 aromatic heterocycles. The monoisotopic (exact) mass is 454 g/mol. The summed E-state index contributed by atoms with van der Waals surface area (Å²) in [6.45, 7) is 5.09. The number of rotatable bonds is 4. The summed E-state index contributed by atoms with van der Waals surface area (Å²) in [6, 6.07) is 10.7. The molecular weight excluding hydrogens is 427 g/mol. The number of nitrogens with one attached hydrogen (secondary N) is 2. The summed E-state index contributed by atoms with van der Waals surface area (Å²) in [7, 11) is 3.58. The van der Waals surface area contributed by atoms with E-state index in [1.54, 1.807) is 14.2 Å². The molecule has 2 aromatic rings. The highest BCUT2D eigenvalue weighted by atomic mass is 127. The summed E-state index contributed by atoms with van der Waals surface area (Å²) in [5, 5.41) is 9.27. The van der Waals surface area contributed by atoms with Crippen LogP contribution in [-0.4, -0.2) is 37.2 Å². The van der Waals surface area contributed by atoms with Crippen molar-refractivity contribution in [3.05, 3.63) is 42.2 Å². The maximum atomic E-state index is 5.51. The van der Waals surface area contributed by atoms with E-state index in [-0.39, 0.29) is 29.4 Å². The van der Waals surface area contributed by atoms with Crippen molar-refractivity contribution in [2.45, 2.75) is 39.0 Å². The fraction of sp³-hybridized carbons (Fsp3) is 0.474. The Bertz CT molecular complexity index is 742. The van der Waals surface area contributed by atoms with Crippen molar-refractivity contribution in [1.82, 2.24) is 15.6 Å². The van der Waals surface area contributed by atoms with Crippen molar-refractivity contribution in [2.75, 3.05) is 14.2 Å². The van der Waals surface area contributed by atoms with E-state index in [1.807, 2.05) is 24.4 Å². The summed E-state index contributed by atoms with van der Waals surface area (Å²) in [5.74, 6) is 0.803. The minimum Gasteiger partial charge on any atom is -0.381 e. The maximum absolute atomic E-state index is 5.51. The number of fused-ring (bicyclic) bond motifs is 1. The van der Waals surface area contributed by atoms with Crippen molar-refractivity contribution < 1.29 is 4.74 Å². The Morgan fingerprint density at radius 3 is 2.76 bits per heavy atom. The largest absolute Gasteiger partial charge is 0.381 e. The Balaban J connectivity index is 0.00000225. The number of pyridine rings is 1. The normalized spacial score (nSPS) is 22.0. The van der Waals surface area contributed by atoms with Gasteiger partial charge in [-0.1, -0.05) is 38.1 Å². The van der Waals surface area contributed by atoms with Gasteiger partial charge in [0.25, 0.3) is 0 Å². The molecule has 2 unspecified atom stereocenters. The molecule has 1 aliphatic rings. The SMILES string of the molecule is CN=C(NCc1nccc2ccccc12)NC1CC(OC)C1(C)C.I. The van der Waals surface area contributed by atoms with Gasteiger partial charge in [-0.3, -0.25) is 9.98 Å². The first-order chi connectivity index (χ1) is 11.6. The lowest BCUT2D eigenvalue weighted by Gasteiger charge is -2.51. The molecule has 0 saturated heterocycles. The van der Waals surface area contributed by atoms with Crippen LogP contribution in [0.15, 0.2) is 41.5 Å². The van der Waals surface area contributed by atoms with Gasteiger partial charge in [-0.25, -0.2) is 0 Å². The molecule has 1 fully saturated rings. The molecule has 6 heteroatoms. The van der Waals surface area contributed by atoms with Crippen LogP contribution in [0.3, 0.4) is 0 Å². The highest BCUT2D eigenvalue weighted by Crippen LogP contribution is 2.42. The number of guanidine groups is 1. The smallest absolute Gasteiger partial charge is 0.191 e. The molecule has 0 bridgehead atoms. The van der Waals surface area contributed by atoms with Crippen LogP contribution in [0.2, 0.25) is 0 Å². The highest BCUT2D eigenvalue weighted by Gasteiger charge is 2.48. The number of aliphatic imine (C=N–C) groups is 1. The number of aromatic nitrogens is 1. The Hall–Kier alpha value is -1.41. The molecule has 25 heavy (non-hydrogen) atoms. The predicted molar refractivity (Wildman–Crippen MR) is 113 cm³/mol. The third kappa shape index (κ3) is 4.06. The summed E-state index contributed by atoms with van der Waals surface area (Å²) in [6.07, 6.45) is 3.15. The lowest BCUT2D eigenvalue weighted by molar-refractivity contribution is -0.0922. The fourth-order valence-electron chi connectivity index (χ4n) is 3.38. The van der Waals surface area contributed by atoms with E-state index < -0.39 is 0 Å². The molecule has 2 N–H and O–H groups in total. The number of hydrogen-bond donors (Lipinski definition) is 2. The first kappa shape index (κ1) is 19.9. The molecule has 3 rings (SSSR count). The van der Waals surface area contributed by atoms with Crippen LogP contribution in [0.25, 0.3) is 10.8 Å². The van der Waals surface area contributed by atoms with Crippen molar-refractivity contribution in [3.8, 4) is 0 Å². The molecule has 1 aliphatic carbocycles. The molecule has 0 radical (unpaired) electrons. The van der Waals surface area contributed by atoms with Gasteiger partial charge >= 0.3 is 0 Å². The first-order valence-electron chi connectivity index (χ1n) is 8.39. The highest BCUT2D eigenvalue weighted by molar-refractivity contribution is 14.0. The van der Waals surface area contributed by atoms with Crippen molar-refractivity contribution in [1.29, 1.82) is 0 Å². The average Bonchev–Trinajstić information content (AvgIpc) is 2.60. The van der Waals surface area contributed by atoms with Crippen LogP contribution in [0, 0.1) is 5.41 Å². The van der Waals surface area contributed by atoms with Gasteiger partial charge in [0.1, 0.15) is 0 Å². The third-order valence-electron chi connectivity index (χ3n) is 5.18. The van der Waals surface area contributed by atoms with Gasteiger partial charge in [0.05, 0.1) is 18.3 Å². The van der Waals surface area contributed by atoms with Crippen LogP contribution >= 0.6 is 24.0 Å². The molecule has 5 nitrogen and oxygen atoms in total. The van der Waals surface area contributed by atoms with Gasteiger partial charge in [0.15, 0.2) is 5.96 Å².